The maximum absolute atomic E-state index is 11.8. The van der Waals surface area contributed by atoms with Gasteiger partial charge in [0.05, 0.1) is 7.05 Å². The predicted molar refractivity (Wildman–Crippen MR) is 60.7 cm³/mol. The zero-order valence-electron chi connectivity index (χ0n) is 9.18. The molecule has 2 aromatic heterocycles. The molecule has 0 fully saturated rings. The summed E-state index contributed by atoms with van der Waals surface area (Å²) in [5, 5.41) is 13.9. The number of hydrogen-bond acceptors (Lipinski definition) is 5. The van der Waals surface area contributed by atoms with Crippen LogP contribution in [0.3, 0.4) is 0 Å². The van der Waals surface area contributed by atoms with Crippen molar-refractivity contribution in [1.29, 1.82) is 0 Å². The highest BCUT2D eigenvalue weighted by atomic mass is 35.5. The molecule has 0 saturated carbocycles. The highest BCUT2D eigenvalue weighted by molar-refractivity contribution is 6.29. The molecule has 1 amide bonds. The quantitative estimate of drug-likeness (QED) is 0.800. The van der Waals surface area contributed by atoms with Crippen LogP contribution in [0.25, 0.3) is 0 Å². The van der Waals surface area contributed by atoms with E-state index in [0.29, 0.717) is 11.3 Å². The van der Waals surface area contributed by atoms with Gasteiger partial charge in [-0.2, -0.15) is 4.80 Å². The number of carbonyl (C=O) groups excluding carboxylic acids is 1. The van der Waals surface area contributed by atoms with Crippen LogP contribution < -0.4 is 5.32 Å². The molecule has 0 radical (unpaired) electrons. The first-order valence-corrected chi connectivity index (χ1v) is 5.12. The first-order valence-electron chi connectivity index (χ1n) is 4.74. The number of halogens is 1. The number of aromatic nitrogens is 5. The predicted octanol–water partition coefficient (Wildman–Crippen LogP) is 0.819. The average molecular weight is 253 g/mol. The SMILES string of the molecule is Cc1cc(C(=O)Nc2nnn(C)n2)cc(Cl)n1. The average Bonchev–Trinajstić information content (AvgIpc) is 2.62. The van der Waals surface area contributed by atoms with Crippen LogP contribution in [0.2, 0.25) is 5.15 Å². The number of nitrogens with one attached hydrogen (secondary N) is 1. The molecule has 8 heteroatoms. The Morgan fingerprint density at radius 1 is 1.47 bits per heavy atom. The van der Waals surface area contributed by atoms with Gasteiger partial charge >= 0.3 is 0 Å². The summed E-state index contributed by atoms with van der Waals surface area (Å²) in [6.45, 7) is 1.75. The van der Waals surface area contributed by atoms with Crippen molar-refractivity contribution >= 4 is 23.5 Å². The lowest BCUT2D eigenvalue weighted by Crippen LogP contribution is -2.13. The number of anilines is 1. The van der Waals surface area contributed by atoms with Gasteiger partial charge in [0.15, 0.2) is 0 Å². The number of tetrazole rings is 1. The van der Waals surface area contributed by atoms with Crippen LogP contribution in [0.4, 0.5) is 5.95 Å². The van der Waals surface area contributed by atoms with E-state index in [4.69, 9.17) is 11.6 Å². The van der Waals surface area contributed by atoms with Crippen LogP contribution in [0, 0.1) is 6.92 Å². The van der Waals surface area contributed by atoms with E-state index in [2.05, 4.69) is 25.7 Å². The van der Waals surface area contributed by atoms with Crippen molar-refractivity contribution in [1.82, 2.24) is 25.2 Å². The topological polar surface area (TPSA) is 85.6 Å². The number of pyridine rings is 1. The van der Waals surface area contributed by atoms with E-state index in [1.54, 1.807) is 20.0 Å². The first-order chi connectivity index (χ1) is 8.04. The third kappa shape index (κ3) is 2.76. The Hall–Kier alpha value is -2.02. The monoisotopic (exact) mass is 252 g/mol. The van der Waals surface area contributed by atoms with Gasteiger partial charge in [-0.05, 0) is 24.3 Å². The molecule has 2 heterocycles. The van der Waals surface area contributed by atoms with Gasteiger partial charge in [0.1, 0.15) is 5.15 Å². The fourth-order valence-corrected chi connectivity index (χ4v) is 1.52. The van der Waals surface area contributed by atoms with Crippen LogP contribution in [-0.2, 0) is 7.05 Å². The zero-order valence-corrected chi connectivity index (χ0v) is 9.93. The Kier molecular flexibility index (Phi) is 3.01. The van der Waals surface area contributed by atoms with E-state index in [9.17, 15) is 4.79 Å². The fraction of sp³-hybridized carbons (Fsp3) is 0.222. The number of aryl methyl sites for hydroxylation is 2. The van der Waals surface area contributed by atoms with Gasteiger partial charge in [-0.1, -0.05) is 16.7 Å². The molecule has 7 nitrogen and oxygen atoms in total. The van der Waals surface area contributed by atoms with Gasteiger partial charge in [-0.15, -0.1) is 5.10 Å². The lowest BCUT2D eigenvalue weighted by Gasteiger charge is -2.02. The largest absolute Gasteiger partial charge is 0.288 e. The second-order valence-corrected chi connectivity index (χ2v) is 3.76. The molecule has 0 aliphatic rings. The number of rotatable bonds is 2. The Labute approximate surface area is 102 Å². The maximum atomic E-state index is 11.8. The van der Waals surface area contributed by atoms with E-state index >= 15 is 0 Å². The van der Waals surface area contributed by atoms with Crippen LogP contribution in [-0.4, -0.2) is 31.1 Å². The lowest BCUT2D eigenvalue weighted by atomic mass is 10.2. The van der Waals surface area contributed by atoms with E-state index in [1.807, 2.05) is 0 Å². The van der Waals surface area contributed by atoms with Crippen LogP contribution in [0.5, 0.6) is 0 Å². The van der Waals surface area contributed by atoms with Crippen molar-refractivity contribution in [3.63, 3.8) is 0 Å². The second-order valence-electron chi connectivity index (χ2n) is 3.38. The van der Waals surface area contributed by atoms with Crippen LogP contribution in [0.15, 0.2) is 12.1 Å². The summed E-state index contributed by atoms with van der Waals surface area (Å²) < 4.78 is 0. The summed E-state index contributed by atoms with van der Waals surface area (Å²) in [4.78, 5) is 17.0. The zero-order chi connectivity index (χ0) is 12.4. The van der Waals surface area contributed by atoms with E-state index in [0.717, 1.165) is 0 Å². The molecule has 0 aliphatic heterocycles. The summed E-state index contributed by atoms with van der Waals surface area (Å²) in [6, 6.07) is 3.10. The van der Waals surface area contributed by atoms with Crippen molar-refractivity contribution in [2.24, 2.45) is 7.05 Å². The molecule has 0 bridgehead atoms. The number of amides is 1. The molecule has 17 heavy (non-hydrogen) atoms. The minimum Gasteiger partial charge on any atom is -0.288 e. The van der Waals surface area contributed by atoms with Gasteiger partial charge in [0, 0.05) is 11.3 Å². The summed E-state index contributed by atoms with van der Waals surface area (Å²) in [5.41, 5.74) is 1.06. The molecule has 0 aliphatic carbocycles. The highest BCUT2D eigenvalue weighted by Gasteiger charge is 2.10. The molecule has 0 saturated heterocycles. The van der Waals surface area contributed by atoms with Gasteiger partial charge in [0.25, 0.3) is 11.9 Å². The second kappa shape index (κ2) is 4.46. The number of hydrogen-bond donors (Lipinski definition) is 1. The molecular formula is C9H9ClN6O. The summed E-state index contributed by atoms with van der Waals surface area (Å²) in [5.74, 6) is -0.214. The van der Waals surface area contributed by atoms with Crippen molar-refractivity contribution < 1.29 is 4.79 Å². The lowest BCUT2D eigenvalue weighted by molar-refractivity contribution is 0.102. The Balaban J connectivity index is 2.19. The fourth-order valence-electron chi connectivity index (χ4n) is 1.27. The smallest absolute Gasteiger partial charge is 0.270 e. The highest BCUT2D eigenvalue weighted by Crippen LogP contribution is 2.11. The van der Waals surface area contributed by atoms with E-state index in [-0.39, 0.29) is 17.0 Å². The van der Waals surface area contributed by atoms with Crippen LogP contribution in [0.1, 0.15) is 16.1 Å². The molecule has 0 spiro atoms. The van der Waals surface area contributed by atoms with Crippen LogP contribution >= 0.6 is 11.6 Å². The maximum Gasteiger partial charge on any atom is 0.270 e. The molecule has 2 rings (SSSR count). The Bertz CT molecular complexity index is 546. The number of carbonyl (C=O) groups is 1. The minimum absolute atomic E-state index is 0.142. The third-order valence-electron chi connectivity index (χ3n) is 1.92. The molecule has 2 aromatic rings. The summed E-state index contributed by atoms with van der Waals surface area (Å²) >= 11 is 5.76. The van der Waals surface area contributed by atoms with Gasteiger partial charge in [-0.25, -0.2) is 4.98 Å². The van der Waals surface area contributed by atoms with Gasteiger partial charge in [-0.3, -0.25) is 10.1 Å². The summed E-state index contributed by atoms with van der Waals surface area (Å²) in [6.07, 6.45) is 0. The molecule has 1 N–H and O–H groups in total. The molecule has 88 valence electrons. The Morgan fingerprint density at radius 3 is 2.82 bits per heavy atom. The molecular weight excluding hydrogens is 244 g/mol. The number of nitrogens with zero attached hydrogens (tertiary/aromatic N) is 5. The van der Waals surface area contributed by atoms with Crippen molar-refractivity contribution in [2.75, 3.05) is 5.32 Å². The normalized spacial score (nSPS) is 10.3. The molecule has 0 atom stereocenters. The third-order valence-corrected chi connectivity index (χ3v) is 2.11. The van der Waals surface area contributed by atoms with Gasteiger partial charge in [0.2, 0.25) is 0 Å². The molecule has 0 aromatic carbocycles. The molecule has 0 unspecified atom stereocenters. The first kappa shape index (κ1) is 11.5. The van der Waals surface area contributed by atoms with Crippen molar-refractivity contribution in [3.8, 4) is 0 Å². The van der Waals surface area contributed by atoms with Crippen molar-refractivity contribution in [2.45, 2.75) is 6.92 Å². The summed E-state index contributed by atoms with van der Waals surface area (Å²) in [7, 11) is 1.61. The van der Waals surface area contributed by atoms with E-state index < -0.39 is 0 Å². The van der Waals surface area contributed by atoms with Gasteiger partial charge < -0.3 is 0 Å². The van der Waals surface area contributed by atoms with Crippen molar-refractivity contribution in [3.05, 3.63) is 28.5 Å². The Morgan fingerprint density at radius 2 is 2.24 bits per heavy atom. The standard InChI is InChI=1S/C9H9ClN6O/c1-5-3-6(4-7(10)11-5)8(17)12-9-13-15-16(2)14-9/h3-4H,1-2H3,(H,12,14,17). The minimum atomic E-state index is -0.356. The van der Waals surface area contributed by atoms with E-state index in [1.165, 1.54) is 10.9 Å².